The van der Waals surface area contributed by atoms with Crippen LogP contribution in [0.4, 0.5) is 4.79 Å². The van der Waals surface area contributed by atoms with E-state index in [2.05, 4.69) is 9.88 Å². The molecule has 2 fully saturated rings. The molecule has 0 radical (unpaired) electrons. The number of amides is 1. The third-order valence-corrected chi connectivity index (χ3v) is 5.88. The highest BCUT2D eigenvalue weighted by molar-refractivity contribution is 5.68. The quantitative estimate of drug-likeness (QED) is 0.855. The third-order valence-electron chi connectivity index (χ3n) is 5.88. The number of aliphatic hydroxyl groups is 1. The fraction of sp³-hybridized carbons (Fsp3) is 0.727. The molecule has 1 aromatic rings. The molecule has 1 atom stereocenters. The van der Waals surface area contributed by atoms with Crippen molar-refractivity contribution in [2.75, 3.05) is 32.7 Å². The van der Waals surface area contributed by atoms with Gasteiger partial charge in [0.25, 0.3) is 0 Å². The fourth-order valence-electron chi connectivity index (χ4n) is 4.33. The molecular formula is C22H35N3O3. The van der Waals surface area contributed by atoms with E-state index in [0.29, 0.717) is 13.1 Å². The van der Waals surface area contributed by atoms with Gasteiger partial charge in [0.1, 0.15) is 5.60 Å². The lowest BCUT2D eigenvalue weighted by Crippen LogP contribution is -2.53. The second-order valence-corrected chi connectivity index (χ2v) is 9.24. The Hall–Kier alpha value is -1.66. The second-order valence-electron chi connectivity index (χ2n) is 9.24. The predicted octanol–water partition coefficient (Wildman–Crippen LogP) is 3.41. The minimum absolute atomic E-state index is 0.00192. The third kappa shape index (κ3) is 5.45. The van der Waals surface area contributed by atoms with Gasteiger partial charge < -0.3 is 14.7 Å². The van der Waals surface area contributed by atoms with Crippen molar-refractivity contribution in [1.82, 2.24) is 14.8 Å². The first-order valence-electron chi connectivity index (χ1n) is 10.6. The van der Waals surface area contributed by atoms with Gasteiger partial charge >= 0.3 is 6.09 Å². The number of aromatic nitrogens is 1. The van der Waals surface area contributed by atoms with E-state index in [-0.39, 0.29) is 12.0 Å². The van der Waals surface area contributed by atoms with E-state index in [1.54, 1.807) is 4.90 Å². The Morgan fingerprint density at radius 3 is 2.43 bits per heavy atom. The highest BCUT2D eigenvalue weighted by Gasteiger charge is 2.40. The molecule has 1 saturated heterocycles. The lowest BCUT2D eigenvalue weighted by Gasteiger charge is -2.43. The van der Waals surface area contributed by atoms with Gasteiger partial charge in [-0.1, -0.05) is 25.3 Å². The van der Waals surface area contributed by atoms with Crippen LogP contribution >= 0.6 is 0 Å². The SMILES string of the molecule is CC(C)(C)OC(=O)N1CCN(CC(c2ccccn2)C2(O)CCCCC2)CC1. The van der Waals surface area contributed by atoms with E-state index in [1.165, 1.54) is 6.42 Å². The first kappa shape index (κ1) is 21.1. The molecule has 0 spiro atoms. The second kappa shape index (κ2) is 8.78. The molecule has 2 aliphatic rings. The van der Waals surface area contributed by atoms with Crippen molar-refractivity contribution in [1.29, 1.82) is 0 Å². The summed E-state index contributed by atoms with van der Waals surface area (Å²) >= 11 is 0. The maximum atomic E-state index is 12.3. The van der Waals surface area contributed by atoms with E-state index in [0.717, 1.165) is 51.0 Å². The van der Waals surface area contributed by atoms with Crippen molar-refractivity contribution in [3.05, 3.63) is 30.1 Å². The van der Waals surface area contributed by atoms with Crippen LogP contribution in [0.1, 0.15) is 64.5 Å². The van der Waals surface area contributed by atoms with Crippen LogP contribution in [0.15, 0.2) is 24.4 Å². The molecule has 156 valence electrons. The van der Waals surface area contributed by atoms with Gasteiger partial charge in [-0.2, -0.15) is 0 Å². The van der Waals surface area contributed by atoms with E-state index in [4.69, 9.17) is 4.74 Å². The van der Waals surface area contributed by atoms with E-state index >= 15 is 0 Å². The van der Waals surface area contributed by atoms with Crippen molar-refractivity contribution < 1.29 is 14.6 Å². The summed E-state index contributed by atoms with van der Waals surface area (Å²) in [7, 11) is 0. The fourth-order valence-corrected chi connectivity index (χ4v) is 4.33. The molecule has 1 amide bonds. The average Bonchev–Trinajstić information content (AvgIpc) is 2.66. The Labute approximate surface area is 168 Å². The summed E-state index contributed by atoms with van der Waals surface area (Å²) in [6.45, 7) is 9.34. The zero-order valence-corrected chi connectivity index (χ0v) is 17.6. The minimum atomic E-state index is -0.686. The van der Waals surface area contributed by atoms with Gasteiger partial charge in [-0.05, 0) is 45.7 Å². The van der Waals surface area contributed by atoms with Crippen LogP contribution in [0, 0.1) is 0 Å². The van der Waals surface area contributed by atoms with Crippen molar-refractivity contribution in [3.63, 3.8) is 0 Å². The zero-order chi connectivity index (χ0) is 20.2. The summed E-state index contributed by atoms with van der Waals surface area (Å²) in [5, 5.41) is 11.4. The Morgan fingerprint density at radius 1 is 1.18 bits per heavy atom. The van der Waals surface area contributed by atoms with Gasteiger partial charge in [-0.3, -0.25) is 9.88 Å². The molecule has 2 heterocycles. The Bertz CT molecular complexity index is 630. The molecule has 1 aromatic heterocycles. The number of nitrogens with zero attached hydrogens (tertiary/aromatic N) is 3. The van der Waals surface area contributed by atoms with E-state index < -0.39 is 11.2 Å². The number of hydrogen-bond acceptors (Lipinski definition) is 5. The van der Waals surface area contributed by atoms with Crippen LogP contribution < -0.4 is 0 Å². The average molecular weight is 390 g/mol. The van der Waals surface area contributed by atoms with E-state index in [9.17, 15) is 9.90 Å². The summed E-state index contributed by atoms with van der Waals surface area (Å²) in [5.41, 5.74) is -0.182. The number of carbonyl (C=O) groups excluding carboxylic acids is 1. The van der Waals surface area contributed by atoms with Crippen LogP contribution in [0.5, 0.6) is 0 Å². The van der Waals surface area contributed by atoms with E-state index in [1.807, 2.05) is 45.2 Å². The van der Waals surface area contributed by atoms with Crippen LogP contribution in [-0.4, -0.2) is 69.9 Å². The van der Waals surface area contributed by atoms with Crippen LogP contribution in [0.3, 0.4) is 0 Å². The van der Waals surface area contributed by atoms with Crippen molar-refractivity contribution in [3.8, 4) is 0 Å². The van der Waals surface area contributed by atoms with Crippen LogP contribution in [-0.2, 0) is 4.74 Å². The number of ether oxygens (including phenoxy) is 1. The Balaban J connectivity index is 1.64. The van der Waals surface area contributed by atoms with Gasteiger partial charge in [0.05, 0.1) is 5.60 Å². The Kier molecular flexibility index (Phi) is 6.61. The molecule has 1 unspecified atom stereocenters. The summed E-state index contributed by atoms with van der Waals surface area (Å²) < 4.78 is 5.49. The van der Waals surface area contributed by atoms with Gasteiger partial charge in [0.15, 0.2) is 0 Å². The summed E-state index contributed by atoms with van der Waals surface area (Å²) in [4.78, 5) is 21.0. The van der Waals surface area contributed by atoms with Gasteiger partial charge in [0.2, 0.25) is 0 Å². The lowest BCUT2D eigenvalue weighted by atomic mass is 9.74. The van der Waals surface area contributed by atoms with Crippen molar-refractivity contribution in [2.24, 2.45) is 0 Å². The number of piperazine rings is 1. The lowest BCUT2D eigenvalue weighted by molar-refractivity contribution is -0.0367. The first-order chi connectivity index (χ1) is 13.3. The smallest absolute Gasteiger partial charge is 0.410 e. The monoisotopic (exact) mass is 389 g/mol. The van der Waals surface area contributed by atoms with Gasteiger partial charge in [-0.25, -0.2) is 4.79 Å². The summed E-state index contributed by atoms with van der Waals surface area (Å²) in [6.07, 6.45) is 6.61. The number of carbonyl (C=O) groups is 1. The molecule has 1 saturated carbocycles. The molecule has 0 aromatic carbocycles. The maximum Gasteiger partial charge on any atom is 0.410 e. The standard InChI is InChI=1S/C22H35N3O3/c1-21(2,3)28-20(26)25-15-13-24(14-16-25)17-18(19-9-5-8-12-23-19)22(27)10-6-4-7-11-22/h5,8-9,12,18,27H,4,6-7,10-11,13-17H2,1-3H3. The molecule has 6 heteroatoms. The van der Waals surface area contributed by atoms with Crippen LogP contribution in [0.25, 0.3) is 0 Å². The topological polar surface area (TPSA) is 65.9 Å². The highest BCUT2D eigenvalue weighted by Crippen LogP contribution is 2.40. The van der Waals surface area contributed by atoms with Gasteiger partial charge in [-0.15, -0.1) is 0 Å². The summed E-state index contributed by atoms with van der Waals surface area (Å²) in [6, 6.07) is 5.96. The van der Waals surface area contributed by atoms with Crippen molar-refractivity contribution in [2.45, 2.75) is 70.0 Å². The highest BCUT2D eigenvalue weighted by atomic mass is 16.6. The molecular weight excluding hydrogens is 354 g/mol. The predicted molar refractivity (Wildman–Crippen MR) is 109 cm³/mol. The van der Waals surface area contributed by atoms with Gasteiger partial charge in [0, 0.05) is 50.5 Å². The minimum Gasteiger partial charge on any atom is -0.444 e. The van der Waals surface area contributed by atoms with Crippen molar-refractivity contribution >= 4 is 6.09 Å². The number of hydrogen-bond donors (Lipinski definition) is 1. The molecule has 6 nitrogen and oxygen atoms in total. The first-order valence-corrected chi connectivity index (χ1v) is 10.6. The Morgan fingerprint density at radius 2 is 1.86 bits per heavy atom. The number of pyridine rings is 1. The largest absolute Gasteiger partial charge is 0.444 e. The molecule has 0 bridgehead atoms. The maximum absolute atomic E-state index is 12.3. The number of rotatable bonds is 4. The molecule has 3 rings (SSSR count). The molecule has 28 heavy (non-hydrogen) atoms. The zero-order valence-electron chi connectivity index (χ0n) is 17.6. The summed E-state index contributed by atoms with van der Waals surface area (Å²) in [5.74, 6) is 0.00192. The van der Waals surface area contributed by atoms with Crippen LogP contribution in [0.2, 0.25) is 0 Å². The molecule has 1 N–H and O–H groups in total. The molecule has 1 aliphatic carbocycles. The molecule has 1 aliphatic heterocycles. The normalized spacial score (nSPS) is 21.9.